The van der Waals surface area contributed by atoms with Gasteiger partial charge < -0.3 is 10.8 Å². The average Bonchev–Trinajstić information content (AvgIpc) is 2.74. The summed E-state index contributed by atoms with van der Waals surface area (Å²) in [6.45, 7) is 0. The SMILES string of the molecule is NC1=NC(c2cccc(-c3ccccc3)c2)Cc2ccccc21.O=C(O)C(F)(F)F. The molecule has 3 aromatic rings. The van der Waals surface area contributed by atoms with Crippen molar-refractivity contribution in [2.75, 3.05) is 0 Å². The van der Waals surface area contributed by atoms with E-state index in [-0.39, 0.29) is 6.04 Å². The van der Waals surface area contributed by atoms with Crippen molar-refractivity contribution in [3.8, 4) is 11.1 Å². The van der Waals surface area contributed by atoms with Crippen LogP contribution in [0.25, 0.3) is 11.1 Å². The van der Waals surface area contributed by atoms with E-state index in [1.807, 2.05) is 18.2 Å². The molecule has 7 heteroatoms. The third kappa shape index (κ3) is 5.05. The van der Waals surface area contributed by atoms with E-state index in [1.165, 1.54) is 22.3 Å². The number of halogens is 3. The molecule has 1 aliphatic heterocycles. The lowest BCUT2D eigenvalue weighted by Crippen LogP contribution is -2.22. The van der Waals surface area contributed by atoms with Crippen LogP contribution in [0.1, 0.15) is 22.7 Å². The fourth-order valence-corrected chi connectivity index (χ4v) is 3.19. The minimum atomic E-state index is -5.08. The zero-order valence-corrected chi connectivity index (χ0v) is 15.8. The molecule has 0 aromatic heterocycles. The summed E-state index contributed by atoms with van der Waals surface area (Å²) in [4.78, 5) is 13.6. The minimum Gasteiger partial charge on any atom is -0.475 e. The van der Waals surface area contributed by atoms with Crippen molar-refractivity contribution in [3.05, 3.63) is 95.6 Å². The van der Waals surface area contributed by atoms with Gasteiger partial charge in [0.15, 0.2) is 0 Å². The molecular weight excluding hydrogens is 393 g/mol. The summed E-state index contributed by atoms with van der Waals surface area (Å²) < 4.78 is 31.7. The van der Waals surface area contributed by atoms with Gasteiger partial charge in [-0.25, -0.2) is 4.79 Å². The lowest BCUT2D eigenvalue weighted by molar-refractivity contribution is -0.192. The van der Waals surface area contributed by atoms with Gasteiger partial charge in [-0.05, 0) is 34.7 Å². The van der Waals surface area contributed by atoms with E-state index in [2.05, 4.69) is 60.7 Å². The summed E-state index contributed by atoms with van der Waals surface area (Å²) in [7, 11) is 0. The number of alkyl halides is 3. The first-order chi connectivity index (χ1) is 14.3. The number of nitrogens with two attached hydrogens (primary N) is 1. The van der Waals surface area contributed by atoms with Crippen molar-refractivity contribution >= 4 is 11.8 Å². The summed E-state index contributed by atoms with van der Waals surface area (Å²) in [5.74, 6) is -2.12. The van der Waals surface area contributed by atoms with E-state index in [4.69, 9.17) is 20.6 Å². The van der Waals surface area contributed by atoms with Crippen LogP contribution in [0.4, 0.5) is 13.2 Å². The Morgan fingerprint density at radius 3 is 2.20 bits per heavy atom. The van der Waals surface area contributed by atoms with Crippen LogP contribution >= 0.6 is 0 Å². The number of hydrogen-bond donors (Lipinski definition) is 2. The van der Waals surface area contributed by atoms with Gasteiger partial charge in [0.1, 0.15) is 5.84 Å². The van der Waals surface area contributed by atoms with Crippen LogP contribution in [-0.4, -0.2) is 23.1 Å². The van der Waals surface area contributed by atoms with E-state index in [0.29, 0.717) is 5.84 Å². The summed E-state index contributed by atoms with van der Waals surface area (Å²) in [5.41, 5.74) is 12.2. The highest BCUT2D eigenvalue weighted by Gasteiger charge is 2.38. The van der Waals surface area contributed by atoms with Crippen molar-refractivity contribution in [2.24, 2.45) is 10.7 Å². The number of aliphatic imine (C=N–C) groups is 1. The average molecular weight is 412 g/mol. The van der Waals surface area contributed by atoms with E-state index < -0.39 is 12.1 Å². The van der Waals surface area contributed by atoms with Crippen molar-refractivity contribution in [1.82, 2.24) is 0 Å². The molecular formula is C23H19F3N2O2. The number of amidine groups is 1. The number of fused-ring (bicyclic) bond motifs is 1. The van der Waals surface area contributed by atoms with Gasteiger partial charge in [0.25, 0.3) is 0 Å². The van der Waals surface area contributed by atoms with E-state index >= 15 is 0 Å². The molecule has 1 atom stereocenters. The second kappa shape index (κ2) is 8.82. The Labute approximate surface area is 171 Å². The summed E-state index contributed by atoms with van der Waals surface area (Å²) in [6.07, 6.45) is -4.19. The Balaban J connectivity index is 0.000000318. The molecule has 154 valence electrons. The summed E-state index contributed by atoms with van der Waals surface area (Å²) in [6, 6.07) is 27.4. The molecule has 0 saturated carbocycles. The van der Waals surface area contributed by atoms with E-state index in [9.17, 15) is 13.2 Å². The first-order valence-corrected chi connectivity index (χ1v) is 9.13. The second-order valence-corrected chi connectivity index (χ2v) is 6.69. The summed E-state index contributed by atoms with van der Waals surface area (Å²) in [5, 5.41) is 7.12. The fourth-order valence-electron chi connectivity index (χ4n) is 3.19. The highest BCUT2D eigenvalue weighted by molar-refractivity contribution is 5.99. The third-order valence-corrected chi connectivity index (χ3v) is 4.62. The fraction of sp³-hybridized carbons (Fsp3) is 0.130. The lowest BCUT2D eigenvalue weighted by Gasteiger charge is -2.22. The molecule has 3 aromatic carbocycles. The van der Waals surface area contributed by atoms with E-state index in [0.717, 1.165) is 12.0 Å². The molecule has 1 aliphatic rings. The van der Waals surface area contributed by atoms with Crippen molar-refractivity contribution in [3.63, 3.8) is 0 Å². The van der Waals surface area contributed by atoms with Crippen LogP contribution in [0.3, 0.4) is 0 Å². The third-order valence-electron chi connectivity index (χ3n) is 4.62. The standard InChI is InChI=1S/C21H18N2.C2HF3O2/c22-21-19-12-5-4-9-17(19)14-20(23-21)18-11-6-10-16(13-18)15-7-2-1-3-8-15;3-2(4,5)1(6)7/h1-13,20H,14H2,(H2,22,23);(H,6,7). The maximum atomic E-state index is 10.6. The maximum absolute atomic E-state index is 10.6. The lowest BCUT2D eigenvalue weighted by atomic mass is 9.91. The number of carboxylic acids is 1. The largest absolute Gasteiger partial charge is 0.490 e. The first-order valence-electron chi connectivity index (χ1n) is 9.13. The molecule has 30 heavy (non-hydrogen) atoms. The van der Waals surface area contributed by atoms with Crippen LogP contribution in [0.2, 0.25) is 0 Å². The number of carboxylic acid groups (broad SMARTS) is 1. The number of benzene rings is 3. The molecule has 3 N–H and O–H groups in total. The Kier molecular flexibility index (Phi) is 6.20. The Morgan fingerprint density at radius 2 is 1.53 bits per heavy atom. The van der Waals surface area contributed by atoms with E-state index in [1.54, 1.807) is 0 Å². The maximum Gasteiger partial charge on any atom is 0.490 e. The Morgan fingerprint density at radius 1 is 0.933 bits per heavy atom. The van der Waals surface area contributed by atoms with Crippen LogP contribution in [0.5, 0.6) is 0 Å². The van der Waals surface area contributed by atoms with Crippen LogP contribution in [0, 0.1) is 0 Å². The quantitative estimate of drug-likeness (QED) is 0.623. The van der Waals surface area contributed by atoms with Crippen LogP contribution in [0.15, 0.2) is 83.9 Å². The Hall–Kier alpha value is -3.61. The molecule has 0 saturated heterocycles. The zero-order valence-electron chi connectivity index (χ0n) is 15.8. The topological polar surface area (TPSA) is 75.7 Å². The van der Waals surface area contributed by atoms with Gasteiger partial charge in [0.2, 0.25) is 0 Å². The van der Waals surface area contributed by atoms with Crippen molar-refractivity contribution in [2.45, 2.75) is 18.6 Å². The van der Waals surface area contributed by atoms with Gasteiger partial charge in [-0.1, -0.05) is 72.8 Å². The molecule has 0 amide bonds. The van der Waals surface area contributed by atoms with Gasteiger partial charge >= 0.3 is 12.1 Å². The van der Waals surface area contributed by atoms with Crippen molar-refractivity contribution in [1.29, 1.82) is 0 Å². The number of carbonyl (C=O) groups is 1. The normalized spacial score (nSPS) is 15.3. The highest BCUT2D eigenvalue weighted by atomic mass is 19.4. The van der Waals surface area contributed by atoms with Crippen molar-refractivity contribution < 1.29 is 23.1 Å². The van der Waals surface area contributed by atoms with Gasteiger partial charge in [-0.2, -0.15) is 13.2 Å². The number of nitrogens with zero attached hydrogens (tertiary/aromatic N) is 1. The molecule has 0 radical (unpaired) electrons. The molecule has 1 unspecified atom stereocenters. The molecule has 0 aliphatic carbocycles. The van der Waals surface area contributed by atoms with Crippen LogP contribution in [-0.2, 0) is 11.2 Å². The highest BCUT2D eigenvalue weighted by Crippen LogP contribution is 2.31. The second-order valence-electron chi connectivity index (χ2n) is 6.69. The monoisotopic (exact) mass is 412 g/mol. The number of rotatable bonds is 2. The van der Waals surface area contributed by atoms with Crippen LogP contribution < -0.4 is 5.73 Å². The smallest absolute Gasteiger partial charge is 0.475 e. The predicted octanol–water partition coefficient (Wildman–Crippen LogP) is 4.99. The first kappa shape index (κ1) is 21.1. The molecule has 1 heterocycles. The number of aliphatic carboxylic acids is 1. The molecule has 0 fully saturated rings. The molecule has 4 rings (SSSR count). The molecule has 0 spiro atoms. The van der Waals surface area contributed by atoms with Gasteiger partial charge in [-0.15, -0.1) is 0 Å². The summed E-state index contributed by atoms with van der Waals surface area (Å²) >= 11 is 0. The Bertz CT molecular complexity index is 1060. The molecule has 0 bridgehead atoms. The van der Waals surface area contributed by atoms with Gasteiger partial charge in [0.05, 0.1) is 6.04 Å². The zero-order chi connectivity index (χ0) is 21.7. The minimum absolute atomic E-state index is 0.0913. The van der Waals surface area contributed by atoms with Gasteiger partial charge in [-0.3, -0.25) is 4.99 Å². The number of hydrogen-bond acceptors (Lipinski definition) is 3. The van der Waals surface area contributed by atoms with Gasteiger partial charge in [0, 0.05) is 5.56 Å². The predicted molar refractivity (Wildman–Crippen MR) is 109 cm³/mol. The molecule has 4 nitrogen and oxygen atoms in total.